The Bertz CT molecular complexity index is 779. The Balaban J connectivity index is 0. The summed E-state index contributed by atoms with van der Waals surface area (Å²) < 4.78 is 0. The Morgan fingerprint density at radius 3 is 1.92 bits per heavy atom. The number of hydrogen-bond acceptors (Lipinski definition) is 0. The molecule has 0 saturated carbocycles. The first kappa shape index (κ1) is 36.6. The highest BCUT2D eigenvalue weighted by Gasteiger charge is 2.37. The van der Waals surface area contributed by atoms with Gasteiger partial charge >= 0.3 is 0 Å². The fourth-order valence-corrected chi connectivity index (χ4v) is 5.19. The van der Waals surface area contributed by atoms with E-state index in [0.29, 0.717) is 11.3 Å². The predicted octanol–water partition coefficient (Wildman–Crippen LogP) is 12.4. The molecule has 2 unspecified atom stereocenters. The first-order valence-electron chi connectivity index (χ1n) is 14.7. The molecule has 1 aliphatic rings. The third-order valence-corrected chi connectivity index (χ3v) is 6.63. The summed E-state index contributed by atoms with van der Waals surface area (Å²) in [6.07, 6.45) is 12.7. The Kier molecular flexibility index (Phi) is 19.0. The number of benzene rings is 1. The van der Waals surface area contributed by atoms with Crippen LogP contribution in [0.15, 0.2) is 54.2 Å². The molecule has 0 radical (unpaired) electrons. The molecule has 2 rings (SSSR count). The lowest BCUT2D eigenvalue weighted by Crippen LogP contribution is -2.34. The highest BCUT2D eigenvalue weighted by atomic mass is 14.4. The monoisotopic (exact) mass is 497 g/mol. The number of hydrogen-bond donors (Lipinski definition) is 0. The molecular weight excluding hydrogens is 432 g/mol. The van der Waals surface area contributed by atoms with Gasteiger partial charge in [-0.15, -0.1) is 6.58 Å². The average Bonchev–Trinajstić information content (AvgIpc) is 2.74. The molecule has 1 aromatic rings. The Labute approximate surface area is 228 Å². The average molecular weight is 497 g/mol. The molecule has 0 amide bonds. The summed E-state index contributed by atoms with van der Waals surface area (Å²) in [5.41, 5.74) is 9.09. The molecule has 1 aromatic carbocycles. The maximum Gasteiger partial charge on any atom is 0.0174 e. The molecule has 0 heteroatoms. The Morgan fingerprint density at radius 2 is 1.53 bits per heavy atom. The van der Waals surface area contributed by atoms with E-state index in [1.807, 2.05) is 27.7 Å². The van der Waals surface area contributed by atoms with Gasteiger partial charge in [-0.1, -0.05) is 122 Å². The van der Waals surface area contributed by atoms with Crippen molar-refractivity contribution < 1.29 is 0 Å². The van der Waals surface area contributed by atoms with Gasteiger partial charge in [0.05, 0.1) is 0 Å². The molecule has 0 aromatic heterocycles. The van der Waals surface area contributed by atoms with Gasteiger partial charge < -0.3 is 0 Å². The predicted molar refractivity (Wildman–Crippen MR) is 169 cm³/mol. The molecule has 0 aliphatic heterocycles. The lowest BCUT2D eigenvalue weighted by atomic mass is 9.63. The highest BCUT2D eigenvalue weighted by Crippen LogP contribution is 2.46. The van der Waals surface area contributed by atoms with Crippen molar-refractivity contribution in [2.75, 3.05) is 0 Å². The summed E-state index contributed by atoms with van der Waals surface area (Å²) >= 11 is 0. The SMILES string of the molecule is C=C(C)C.C=C(C)C1CCC(C)=CC1(C)c1ccc(CCCCC)cc1C.CC.CCCC(C)(C)C. The van der Waals surface area contributed by atoms with Gasteiger partial charge in [-0.25, -0.2) is 0 Å². The minimum Gasteiger partial charge on any atom is -0.100 e. The van der Waals surface area contributed by atoms with Crippen molar-refractivity contribution >= 4 is 0 Å². The normalized spacial score (nSPS) is 18.8. The summed E-state index contributed by atoms with van der Waals surface area (Å²) in [6.45, 7) is 36.3. The van der Waals surface area contributed by atoms with Gasteiger partial charge in [0.15, 0.2) is 0 Å². The zero-order valence-electron chi connectivity index (χ0n) is 27.0. The fourth-order valence-electron chi connectivity index (χ4n) is 5.19. The van der Waals surface area contributed by atoms with Crippen molar-refractivity contribution in [1.29, 1.82) is 0 Å². The van der Waals surface area contributed by atoms with Gasteiger partial charge in [-0.3, -0.25) is 0 Å². The van der Waals surface area contributed by atoms with E-state index in [0.717, 1.165) is 0 Å². The van der Waals surface area contributed by atoms with Gasteiger partial charge in [0.25, 0.3) is 0 Å². The summed E-state index contributed by atoms with van der Waals surface area (Å²) in [6, 6.07) is 7.17. The van der Waals surface area contributed by atoms with Crippen LogP contribution in [0.1, 0.15) is 145 Å². The molecule has 0 spiro atoms. The van der Waals surface area contributed by atoms with Crippen LogP contribution in [0.4, 0.5) is 0 Å². The van der Waals surface area contributed by atoms with Crippen LogP contribution in [-0.2, 0) is 11.8 Å². The van der Waals surface area contributed by atoms with Gasteiger partial charge in [0, 0.05) is 5.41 Å². The Morgan fingerprint density at radius 1 is 0.972 bits per heavy atom. The van der Waals surface area contributed by atoms with E-state index in [4.69, 9.17) is 0 Å². The van der Waals surface area contributed by atoms with E-state index in [9.17, 15) is 0 Å². The first-order chi connectivity index (χ1) is 16.7. The zero-order valence-corrected chi connectivity index (χ0v) is 27.0. The quantitative estimate of drug-likeness (QED) is 0.260. The molecule has 0 nitrogen and oxygen atoms in total. The molecule has 0 heterocycles. The number of unbranched alkanes of at least 4 members (excludes halogenated alkanes) is 2. The van der Waals surface area contributed by atoms with E-state index >= 15 is 0 Å². The number of rotatable bonds is 7. The highest BCUT2D eigenvalue weighted by molar-refractivity contribution is 5.43. The zero-order chi connectivity index (χ0) is 28.5. The molecule has 1 aliphatic carbocycles. The fraction of sp³-hybridized carbons (Fsp3) is 0.667. The van der Waals surface area contributed by atoms with Crippen LogP contribution in [0.5, 0.6) is 0 Å². The van der Waals surface area contributed by atoms with E-state index in [2.05, 4.69) is 99.7 Å². The van der Waals surface area contributed by atoms with E-state index in [-0.39, 0.29) is 5.41 Å². The number of aryl methyl sites for hydroxylation is 2. The second-order valence-electron chi connectivity index (χ2n) is 12.3. The van der Waals surface area contributed by atoms with E-state index < -0.39 is 0 Å². The standard InChI is InChI=1S/C23H34.C7H16.C4H8.C2H6/c1-7-8-9-10-20-12-14-22(19(5)15-20)23(6)16-18(4)11-13-21(23)17(2)3;1-5-6-7(2,3)4;1-4(2)3;1-2/h12,14-16,21H,2,7-11,13H2,1,3-6H3;5-6H2,1-4H3;1H2,2-3H3;1-2H3. The molecule has 0 bridgehead atoms. The van der Waals surface area contributed by atoms with Crippen molar-refractivity contribution in [3.05, 3.63) is 70.8 Å². The number of allylic oxidation sites excluding steroid dienone is 4. The van der Waals surface area contributed by atoms with Gasteiger partial charge in [0.2, 0.25) is 0 Å². The topological polar surface area (TPSA) is 0 Å². The lowest BCUT2D eigenvalue weighted by Gasteiger charge is -2.41. The van der Waals surface area contributed by atoms with Crippen LogP contribution in [-0.4, -0.2) is 0 Å². The van der Waals surface area contributed by atoms with Crippen LogP contribution in [0.3, 0.4) is 0 Å². The summed E-state index contributed by atoms with van der Waals surface area (Å²) in [7, 11) is 0. The van der Waals surface area contributed by atoms with Crippen molar-refractivity contribution in [1.82, 2.24) is 0 Å². The smallest absolute Gasteiger partial charge is 0.0174 e. The molecule has 36 heavy (non-hydrogen) atoms. The molecule has 0 saturated heterocycles. The van der Waals surface area contributed by atoms with Crippen LogP contribution >= 0.6 is 0 Å². The first-order valence-corrected chi connectivity index (χ1v) is 14.7. The molecule has 0 fully saturated rings. The second kappa shape index (κ2) is 18.6. The van der Waals surface area contributed by atoms with Gasteiger partial charge in [0.1, 0.15) is 0 Å². The van der Waals surface area contributed by atoms with Crippen molar-refractivity contribution in [3.63, 3.8) is 0 Å². The summed E-state index contributed by atoms with van der Waals surface area (Å²) in [5, 5.41) is 0. The summed E-state index contributed by atoms with van der Waals surface area (Å²) in [5.74, 6) is 0.552. The molecule has 0 N–H and O–H groups in total. The van der Waals surface area contributed by atoms with Crippen LogP contribution in [0.25, 0.3) is 0 Å². The molecular formula is C36H64. The van der Waals surface area contributed by atoms with Crippen LogP contribution < -0.4 is 0 Å². The largest absolute Gasteiger partial charge is 0.100 e. The minimum atomic E-state index is 0.0974. The van der Waals surface area contributed by atoms with E-state index in [1.54, 1.807) is 0 Å². The molecule has 2 atom stereocenters. The maximum atomic E-state index is 4.29. The van der Waals surface area contributed by atoms with Crippen molar-refractivity contribution in [2.24, 2.45) is 11.3 Å². The van der Waals surface area contributed by atoms with Gasteiger partial charge in [-0.2, -0.15) is 0 Å². The van der Waals surface area contributed by atoms with Crippen LogP contribution in [0, 0.1) is 18.3 Å². The van der Waals surface area contributed by atoms with Crippen molar-refractivity contribution in [3.8, 4) is 0 Å². The van der Waals surface area contributed by atoms with Crippen LogP contribution in [0.2, 0.25) is 0 Å². The third kappa shape index (κ3) is 14.9. The van der Waals surface area contributed by atoms with Gasteiger partial charge in [-0.05, 0) is 94.7 Å². The Hall–Kier alpha value is -1.56. The van der Waals surface area contributed by atoms with Crippen molar-refractivity contribution in [2.45, 2.75) is 147 Å². The van der Waals surface area contributed by atoms with E-state index in [1.165, 1.54) is 84.8 Å². The maximum absolute atomic E-state index is 4.29. The molecule has 208 valence electrons. The second-order valence-corrected chi connectivity index (χ2v) is 12.3. The minimum absolute atomic E-state index is 0.0974. The third-order valence-electron chi connectivity index (χ3n) is 6.63. The summed E-state index contributed by atoms with van der Waals surface area (Å²) in [4.78, 5) is 0. The lowest BCUT2D eigenvalue weighted by molar-refractivity contribution is 0.362.